The van der Waals surface area contributed by atoms with Crippen molar-refractivity contribution in [2.24, 2.45) is 0 Å². The van der Waals surface area contributed by atoms with E-state index in [-0.39, 0.29) is 11.9 Å². The summed E-state index contributed by atoms with van der Waals surface area (Å²) in [7, 11) is 0. The van der Waals surface area contributed by atoms with Gasteiger partial charge in [-0.3, -0.25) is 4.79 Å². The van der Waals surface area contributed by atoms with Gasteiger partial charge in [0.15, 0.2) is 0 Å². The summed E-state index contributed by atoms with van der Waals surface area (Å²) in [6, 6.07) is 8.45. The largest absolute Gasteiger partial charge is 0.377 e. The van der Waals surface area contributed by atoms with Gasteiger partial charge in [0.05, 0.1) is 12.7 Å². The van der Waals surface area contributed by atoms with E-state index < -0.39 is 0 Å². The number of ketones is 1. The fraction of sp³-hybridized carbons (Fsp3) is 0.462. The number of benzene rings is 1. The maximum atomic E-state index is 10.8. The standard InChI is InChI=1S/C13H16O2/c1-10(14)6-7-15-13-8-11-4-2-3-5-12(11)9-13/h2-5,13H,6-9H2,1H3. The van der Waals surface area contributed by atoms with Crippen LogP contribution in [-0.2, 0) is 22.4 Å². The second-order valence-electron chi connectivity index (χ2n) is 4.12. The number of carbonyl (C=O) groups is 1. The molecule has 0 unspecified atom stereocenters. The van der Waals surface area contributed by atoms with Crippen LogP contribution in [0.2, 0.25) is 0 Å². The molecule has 15 heavy (non-hydrogen) atoms. The van der Waals surface area contributed by atoms with E-state index in [0.29, 0.717) is 13.0 Å². The molecule has 80 valence electrons. The van der Waals surface area contributed by atoms with Gasteiger partial charge in [-0.05, 0) is 30.9 Å². The van der Waals surface area contributed by atoms with Crippen LogP contribution in [0.1, 0.15) is 24.5 Å². The number of Topliss-reactive ketones (excluding diaryl/α,β-unsaturated/α-hetero) is 1. The topological polar surface area (TPSA) is 26.3 Å². The molecule has 2 heteroatoms. The SMILES string of the molecule is CC(=O)CCOC1Cc2ccccc2C1. The smallest absolute Gasteiger partial charge is 0.132 e. The number of carbonyl (C=O) groups excluding carboxylic acids is 1. The van der Waals surface area contributed by atoms with Crippen LogP contribution in [0, 0.1) is 0 Å². The van der Waals surface area contributed by atoms with Crippen LogP contribution in [0.3, 0.4) is 0 Å². The maximum absolute atomic E-state index is 10.8. The molecule has 0 amide bonds. The second kappa shape index (κ2) is 4.58. The molecule has 0 radical (unpaired) electrons. The van der Waals surface area contributed by atoms with Crippen molar-refractivity contribution >= 4 is 5.78 Å². The Morgan fingerprint density at radius 1 is 1.33 bits per heavy atom. The fourth-order valence-corrected chi connectivity index (χ4v) is 2.01. The van der Waals surface area contributed by atoms with Gasteiger partial charge in [0.25, 0.3) is 0 Å². The van der Waals surface area contributed by atoms with Crippen molar-refractivity contribution in [3.05, 3.63) is 35.4 Å². The summed E-state index contributed by atoms with van der Waals surface area (Å²) in [5.41, 5.74) is 2.79. The van der Waals surface area contributed by atoms with Gasteiger partial charge in [-0.15, -0.1) is 0 Å². The highest BCUT2D eigenvalue weighted by Crippen LogP contribution is 2.23. The number of hydrogen-bond acceptors (Lipinski definition) is 2. The molecule has 1 aromatic carbocycles. The Labute approximate surface area is 90.3 Å². The van der Waals surface area contributed by atoms with E-state index in [9.17, 15) is 4.79 Å². The van der Waals surface area contributed by atoms with Crippen molar-refractivity contribution in [2.75, 3.05) is 6.61 Å². The van der Waals surface area contributed by atoms with Gasteiger partial charge < -0.3 is 4.74 Å². The molecule has 2 nitrogen and oxygen atoms in total. The molecular formula is C13H16O2. The Morgan fingerprint density at radius 2 is 1.93 bits per heavy atom. The van der Waals surface area contributed by atoms with Gasteiger partial charge in [0.2, 0.25) is 0 Å². The first-order valence-electron chi connectivity index (χ1n) is 5.43. The lowest BCUT2D eigenvalue weighted by atomic mass is 10.1. The Morgan fingerprint density at radius 3 is 2.47 bits per heavy atom. The van der Waals surface area contributed by atoms with Crippen LogP contribution >= 0.6 is 0 Å². The predicted molar refractivity (Wildman–Crippen MR) is 58.9 cm³/mol. The minimum absolute atomic E-state index is 0.200. The summed E-state index contributed by atoms with van der Waals surface area (Å²) in [6.07, 6.45) is 2.80. The van der Waals surface area contributed by atoms with E-state index in [1.54, 1.807) is 6.92 Å². The molecule has 0 bridgehead atoms. The summed E-state index contributed by atoms with van der Waals surface area (Å²) in [6.45, 7) is 2.17. The summed E-state index contributed by atoms with van der Waals surface area (Å²) >= 11 is 0. The number of rotatable bonds is 4. The first kappa shape index (κ1) is 10.4. The zero-order valence-electron chi connectivity index (χ0n) is 9.03. The van der Waals surface area contributed by atoms with Crippen molar-refractivity contribution in [1.29, 1.82) is 0 Å². The zero-order chi connectivity index (χ0) is 10.7. The Balaban J connectivity index is 1.83. The van der Waals surface area contributed by atoms with Gasteiger partial charge >= 0.3 is 0 Å². The zero-order valence-corrected chi connectivity index (χ0v) is 9.03. The molecular weight excluding hydrogens is 188 g/mol. The van der Waals surface area contributed by atoms with Gasteiger partial charge in [0, 0.05) is 6.42 Å². The van der Waals surface area contributed by atoms with Gasteiger partial charge in [-0.1, -0.05) is 24.3 Å². The molecule has 0 heterocycles. The van der Waals surface area contributed by atoms with Crippen molar-refractivity contribution in [3.63, 3.8) is 0 Å². The normalized spacial score (nSPS) is 15.3. The first-order chi connectivity index (χ1) is 7.25. The van der Waals surface area contributed by atoms with E-state index in [1.807, 2.05) is 0 Å². The molecule has 0 aliphatic heterocycles. The lowest BCUT2D eigenvalue weighted by Gasteiger charge is -2.09. The van der Waals surface area contributed by atoms with Gasteiger partial charge in [0.1, 0.15) is 5.78 Å². The molecule has 0 saturated carbocycles. The summed E-state index contributed by atoms with van der Waals surface area (Å²) in [4.78, 5) is 10.8. The van der Waals surface area contributed by atoms with Crippen LogP contribution < -0.4 is 0 Å². The van der Waals surface area contributed by atoms with Crippen LogP contribution in [0.4, 0.5) is 0 Å². The summed E-state index contributed by atoms with van der Waals surface area (Å²) < 4.78 is 5.68. The van der Waals surface area contributed by atoms with Crippen LogP contribution in [0.25, 0.3) is 0 Å². The van der Waals surface area contributed by atoms with Crippen LogP contribution in [0.5, 0.6) is 0 Å². The van der Waals surface area contributed by atoms with E-state index in [1.165, 1.54) is 11.1 Å². The van der Waals surface area contributed by atoms with Gasteiger partial charge in [-0.2, -0.15) is 0 Å². The molecule has 0 atom stereocenters. The van der Waals surface area contributed by atoms with E-state index in [0.717, 1.165) is 12.8 Å². The third-order valence-corrected chi connectivity index (χ3v) is 2.82. The summed E-state index contributed by atoms with van der Waals surface area (Å²) in [5.74, 6) is 0.200. The van der Waals surface area contributed by atoms with Crippen LogP contribution in [-0.4, -0.2) is 18.5 Å². The molecule has 0 saturated heterocycles. The predicted octanol–water partition coefficient (Wildman–Crippen LogP) is 2.15. The first-order valence-corrected chi connectivity index (χ1v) is 5.43. The molecule has 2 rings (SSSR count). The molecule has 0 spiro atoms. The van der Waals surface area contributed by atoms with Crippen molar-refractivity contribution in [1.82, 2.24) is 0 Å². The molecule has 0 fully saturated rings. The number of ether oxygens (including phenoxy) is 1. The lowest BCUT2D eigenvalue weighted by Crippen LogP contribution is -2.14. The lowest BCUT2D eigenvalue weighted by molar-refractivity contribution is -0.118. The van der Waals surface area contributed by atoms with Crippen molar-refractivity contribution in [3.8, 4) is 0 Å². The Hall–Kier alpha value is -1.15. The quantitative estimate of drug-likeness (QED) is 0.751. The second-order valence-corrected chi connectivity index (χ2v) is 4.12. The Kier molecular flexibility index (Phi) is 3.17. The molecule has 1 aliphatic rings. The molecule has 0 N–H and O–H groups in total. The van der Waals surface area contributed by atoms with Crippen molar-refractivity contribution < 1.29 is 9.53 Å². The summed E-state index contributed by atoms with van der Waals surface area (Å²) in [5, 5.41) is 0. The van der Waals surface area contributed by atoms with Crippen LogP contribution in [0.15, 0.2) is 24.3 Å². The van der Waals surface area contributed by atoms with Gasteiger partial charge in [-0.25, -0.2) is 0 Å². The number of hydrogen-bond donors (Lipinski definition) is 0. The fourth-order valence-electron chi connectivity index (χ4n) is 2.01. The van der Waals surface area contributed by atoms with Crippen molar-refractivity contribution in [2.45, 2.75) is 32.3 Å². The highest BCUT2D eigenvalue weighted by molar-refractivity contribution is 5.75. The highest BCUT2D eigenvalue weighted by Gasteiger charge is 2.20. The minimum atomic E-state index is 0.200. The maximum Gasteiger partial charge on any atom is 0.132 e. The average Bonchev–Trinajstić information content (AvgIpc) is 2.59. The molecule has 0 aromatic heterocycles. The monoisotopic (exact) mass is 204 g/mol. The van der Waals surface area contributed by atoms with E-state index in [4.69, 9.17) is 4.74 Å². The average molecular weight is 204 g/mol. The van der Waals surface area contributed by atoms with E-state index in [2.05, 4.69) is 24.3 Å². The number of fused-ring (bicyclic) bond motifs is 1. The van der Waals surface area contributed by atoms with E-state index >= 15 is 0 Å². The molecule has 1 aliphatic carbocycles. The minimum Gasteiger partial charge on any atom is -0.377 e. The third kappa shape index (κ3) is 2.66. The Bertz CT molecular complexity index is 332. The molecule has 1 aromatic rings. The third-order valence-electron chi connectivity index (χ3n) is 2.82. The highest BCUT2D eigenvalue weighted by atomic mass is 16.5.